The lowest BCUT2D eigenvalue weighted by molar-refractivity contribution is -0.135. The van der Waals surface area contributed by atoms with Gasteiger partial charge in [0.2, 0.25) is 5.91 Å². The minimum Gasteiger partial charge on any atom is -0.371 e. The Balaban J connectivity index is 1.49. The second kappa shape index (κ2) is 9.81. The van der Waals surface area contributed by atoms with Crippen LogP contribution in [-0.2, 0) is 11.3 Å². The molecule has 1 aromatic heterocycles. The monoisotopic (exact) mass is 444 g/mol. The van der Waals surface area contributed by atoms with Crippen molar-refractivity contribution >= 4 is 23.4 Å². The van der Waals surface area contributed by atoms with Gasteiger partial charge in [-0.15, -0.1) is 13.2 Å². The van der Waals surface area contributed by atoms with Crippen LogP contribution in [0.4, 0.5) is 5.69 Å². The average molecular weight is 445 g/mol. The molecule has 1 aromatic carbocycles. The maximum Gasteiger partial charge on any atom is 0.263 e. The van der Waals surface area contributed by atoms with Crippen LogP contribution in [0, 0.1) is 5.92 Å². The Morgan fingerprint density at radius 3 is 2.42 bits per heavy atom. The van der Waals surface area contributed by atoms with Gasteiger partial charge in [0.1, 0.15) is 0 Å². The maximum absolute atomic E-state index is 13.3. The van der Waals surface area contributed by atoms with E-state index in [0.717, 1.165) is 11.3 Å². The van der Waals surface area contributed by atoms with Crippen LogP contribution in [0.5, 0.6) is 0 Å². The molecule has 0 N–H and O–H groups in total. The molecule has 33 heavy (non-hydrogen) atoms. The molecule has 0 unspecified atom stereocenters. The Morgan fingerprint density at radius 2 is 1.79 bits per heavy atom. The number of imide groups is 1. The first-order valence-corrected chi connectivity index (χ1v) is 11.2. The van der Waals surface area contributed by atoms with Crippen LogP contribution in [0.25, 0.3) is 0 Å². The van der Waals surface area contributed by atoms with Gasteiger partial charge in [0.15, 0.2) is 0 Å². The number of anilines is 1. The van der Waals surface area contributed by atoms with Crippen LogP contribution < -0.4 is 4.90 Å². The van der Waals surface area contributed by atoms with E-state index in [1.165, 1.54) is 4.90 Å². The van der Waals surface area contributed by atoms with Gasteiger partial charge in [-0.05, 0) is 36.6 Å². The Labute approximate surface area is 194 Å². The second-order valence-electron chi connectivity index (χ2n) is 8.34. The number of hydrogen-bond donors (Lipinski definition) is 0. The Hall–Kier alpha value is -3.74. The van der Waals surface area contributed by atoms with E-state index < -0.39 is 0 Å². The fraction of sp³-hybridized carbons (Fsp3) is 0.308. The zero-order valence-electron chi connectivity index (χ0n) is 18.7. The predicted molar refractivity (Wildman–Crippen MR) is 127 cm³/mol. The highest BCUT2D eigenvalue weighted by atomic mass is 16.2. The molecule has 7 heteroatoms. The van der Waals surface area contributed by atoms with Gasteiger partial charge >= 0.3 is 0 Å². The SMILES string of the molecule is C=CCN(CC=C)C(=O)C1CCN(c2cccc3c2C(=O)N(Cc2cccnc2)C3=O)CC1. The second-order valence-corrected chi connectivity index (χ2v) is 8.34. The van der Waals surface area contributed by atoms with Crippen molar-refractivity contribution in [2.75, 3.05) is 31.1 Å². The van der Waals surface area contributed by atoms with E-state index in [0.29, 0.717) is 50.1 Å². The standard InChI is InChI=1S/C26H28N4O3/c1-3-13-29(14-4-2)24(31)20-10-15-28(16-11-20)22-9-5-8-21-23(22)26(33)30(25(21)32)18-19-7-6-12-27-17-19/h3-9,12,17,20H,1-2,10-11,13-16,18H2. The lowest BCUT2D eigenvalue weighted by Crippen LogP contribution is -2.43. The number of nitrogens with zero attached hydrogens (tertiary/aromatic N) is 4. The van der Waals surface area contributed by atoms with E-state index in [9.17, 15) is 14.4 Å². The Morgan fingerprint density at radius 1 is 1.06 bits per heavy atom. The molecule has 1 fully saturated rings. The summed E-state index contributed by atoms with van der Waals surface area (Å²) in [5.41, 5.74) is 2.45. The van der Waals surface area contributed by atoms with Crippen molar-refractivity contribution in [3.05, 3.63) is 84.7 Å². The first kappa shape index (κ1) is 22.5. The molecule has 2 aliphatic heterocycles. The van der Waals surface area contributed by atoms with Gasteiger partial charge < -0.3 is 9.80 Å². The molecule has 7 nitrogen and oxygen atoms in total. The third kappa shape index (κ3) is 4.44. The molecule has 0 atom stereocenters. The quantitative estimate of drug-likeness (QED) is 0.461. The largest absolute Gasteiger partial charge is 0.371 e. The number of benzene rings is 1. The van der Waals surface area contributed by atoms with Crippen molar-refractivity contribution in [3.8, 4) is 0 Å². The van der Waals surface area contributed by atoms with Gasteiger partial charge in [0.05, 0.1) is 23.4 Å². The van der Waals surface area contributed by atoms with Crippen molar-refractivity contribution in [1.29, 1.82) is 0 Å². The highest BCUT2D eigenvalue weighted by Gasteiger charge is 2.39. The topological polar surface area (TPSA) is 73.8 Å². The number of fused-ring (bicyclic) bond motifs is 1. The number of hydrogen-bond acceptors (Lipinski definition) is 5. The average Bonchev–Trinajstić information content (AvgIpc) is 3.09. The van der Waals surface area contributed by atoms with Crippen molar-refractivity contribution in [2.24, 2.45) is 5.92 Å². The third-order valence-corrected chi connectivity index (χ3v) is 6.24. The first-order chi connectivity index (χ1) is 16.0. The highest BCUT2D eigenvalue weighted by molar-refractivity contribution is 6.23. The number of aromatic nitrogens is 1. The lowest BCUT2D eigenvalue weighted by Gasteiger charge is -2.35. The molecular formula is C26H28N4O3. The third-order valence-electron chi connectivity index (χ3n) is 6.24. The minimum absolute atomic E-state index is 0.0719. The summed E-state index contributed by atoms with van der Waals surface area (Å²) in [6, 6.07) is 9.05. The summed E-state index contributed by atoms with van der Waals surface area (Å²) in [6.07, 6.45) is 8.15. The van der Waals surface area contributed by atoms with E-state index in [2.05, 4.69) is 23.0 Å². The fourth-order valence-corrected chi connectivity index (χ4v) is 4.59. The van der Waals surface area contributed by atoms with Crippen LogP contribution >= 0.6 is 0 Å². The van der Waals surface area contributed by atoms with Crippen LogP contribution in [0.2, 0.25) is 0 Å². The molecule has 0 radical (unpaired) electrons. The number of piperidine rings is 1. The number of pyridine rings is 1. The van der Waals surface area contributed by atoms with Crippen LogP contribution in [0.1, 0.15) is 39.1 Å². The smallest absolute Gasteiger partial charge is 0.263 e. The summed E-state index contributed by atoms with van der Waals surface area (Å²) in [6.45, 7) is 9.96. The first-order valence-electron chi connectivity index (χ1n) is 11.2. The van der Waals surface area contributed by atoms with Gasteiger partial charge in [0, 0.05) is 44.5 Å². The Kier molecular flexibility index (Phi) is 6.68. The van der Waals surface area contributed by atoms with Crippen LogP contribution in [0.15, 0.2) is 68.0 Å². The molecule has 2 aliphatic rings. The fourth-order valence-electron chi connectivity index (χ4n) is 4.59. The van der Waals surface area contributed by atoms with Gasteiger partial charge in [-0.3, -0.25) is 24.3 Å². The summed E-state index contributed by atoms with van der Waals surface area (Å²) in [7, 11) is 0. The molecular weight excluding hydrogens is 416 g/mol. The summed E-state index contributed by atoms with van der Waals surface area (Å²) >= 11 is 0. The number of rotatable bonds is 8. The number of carbonyl (C=O) groups excluding carboxylic acids is 3. The van der Waals surface area contributed by atoms with Gasteiger partial charge in [-0.2, -0.15) is 0 Å². The van der Waals surface area contributed by atoms with Crippen LogP contribution in [0.3, 0.4) is 0 Å². The normalized spacial score (nSPS) is 16.0. The summed E-state index contributed by atoms with van der Waals surface area (Å²) < 4.78 is 0. The summed E-state index contributed by atoms with van der Waals surface area (Å²) in [4.78, 5) is 48.4. The van der Waals surface area contributed by atoms with E-state index in [1.54, 1.807) is 41.6 Å². The van der Waals surface area contributed by atoms with E-state index in [4.69, 9.17) is 0 Å². The minimum atomic E-state index is -0.282. The molecule has 0 bridgehead atoms. The molecule has 1 saturated heterocycles. The molecule has 2 aromatic rings. The zero-order chi connectivity index (χ0) is 23.4. The van der Waals surface area contributed by atoms with Gasteiger partial charge in [0.25, 0.3) is 11.8 Å². The Bertz CT molecular complexity index is 1060. The molecule has 3 heterocycles. The summed E-state index contributed by atoms with van der Waals surface area (Å²) in [5.74, 6) is -0.523. The number of carbonyl (C=O) groups is 3. The molecule has 3 amide bonds. The highest BCUT2D eigenvalue weighted by Crippen LogP contribution is 2.34. The molecule has 170 valence electrons. The molecule has 0 spiro atoms. The van der Waals surface area contributed by atoms with E-state index in [1.807, 2.05) is 18.2 Å². The van der Waals surface area contributed by atoms with E-state index in [-0.39, 0.29) is 30.2 Å². The predicted octanol–water partition coefficient (Wildman–Crippen LogP) is 3.29. The summed E-state index contributed by atoms with van der Waals surface area (Å²) in [5, 5.41) is 0. The zero-order valence-corrected chi connectivity index (χ0v) is 18.7. The van der Waals surface area contributed by atoms with Crippen molar-refractivity contribution in [1.82, 2.24) is 14.8 Å². The van der Waals surface area contributed by atoms with E-state index >= 15 is 0 Å². The van der Waals surface area contributed by atoms with Crippen molar-refractivity contribution in [2.45, 2.75) is 19.4 Å². The van der Waals surface area contributed by atoms with Gasteiger partial charge in [-0.1, -0.05) is 24.3 Å². The lowest BCUT2D eigenvalue weighted by atomic mass is 9.94. The molecule has 0 aliphatic carbocycles. The molecule has 0 saturated carbocycles. The molecule has 4 rings (SSSR count). The van der Waals surface area contributed by atoms with Gasteiger partial charge in [-0.25, -0.2) is 0 Å². The van der Waals surface area contributed by atoms with Crippen molar-refractivity contribution < 1.29 is 14.4 Å². The maximum atomic E-state index is 13.3. The number of amides is 3. The van der Waals surface area contributed by atoms with Crippen molar-refractivity contribution in [3.63, 3.8) is 0 Å². The van der Waals surface area contributed by atoms with Crippen LogP contribution in [-0.4, -0.2) is 58.7 Å².